The predicted octanol–water partition coefficient (Wildman–Crippen LogP) is 3.52. The molecule has 2 rings (SSSR count). The lowest BCUT2D eigenvalue weighted by molar-refractivity contribution is -0.128. The Labute approximate surface area is 161 Å². The van der Waals surface area contributed by atoms with Crippen molar-refractivity contribution in [3.63, 3.8) is 0 Å². The second-order valence-corrected chi connectivity index (χ2v) is 6.98. The van der Waals surface area contributed by atoms with Crippen molar-refractivity contribution < 1.29 is 19.1 Å². The quantitative estimate of drug-likeness (QED) is 0.538. The van der Waals surface area contributed by atoms with Crippen molar-refractivity contribution in [1.82, 2.24) is 5.32 Å². The van der Waals surface area contributed by atoms with Gasteiger partial charge in [-0.1, -0.05) is 13.3 Å². The molecule has 1 fully saturated rings. The fraction of sp³-hybridized carbons (Fsp3) is 0.571. The lowest BCUT2D eigenvalue weighted by atomic mass is 9.81. The SMILES string of the molecule is CCCCNC(=O)C1CCC(C(=O)Nc2ccc(C(=O)OCC)cc2)CC1. The third kappa shape index (κ3) is 6.38. The second kappa shape index (κ2) is 10.7. The highest BCUT2D eigenvalue weighted by Crippen LogP contribution is 2.30. The standard InChI is InChI=1S/C21H30N2O4/c1-3-5-14-22-19(24)15-6-8-16(9-7-15)20(25)23-18-12-10-17(11-13-18)21(26)27-4-2/h10-13,15-16H,3-9,14H2,1-2H3,(H,22,24)(H,23,25). The first-order valence-electron chi connectivity index (χ1n) is 9.90. The zero-order chi connectivity index (χ0) is 19.6. The van der Waals surface area contributed by atoms with Crippen molar-refractivity contribution in [2.45, 2.75) is 52.4 Å². The monoisotopic (exact) mass is 374 g/mol. The van der Waals surface area contributed by atoms with Crippen LogP contribution in [0.1, 0.15) is 62.7 Å². The maximum absolute atomic E-state index is 12.5. The summed E-state index contributed by atoms with van der Waals surface area (Å²) in [5.74, 6) is -0.323. The summed E-state index contributed by atoms with van der Waals surface area (Å²) in [6.45, 7) is 4.92. The van der Waals surface area contributed by atoms with E-state index < -0.39 is 0 Å². The van der Waals surface area contributed by atoms with Gasteiger partial charge in [0.15, 0.2) is 0 Å². The Morgan fingerprint density at radius 1 is 0.963 bits per heavy atom. The first-order chi connectivity index (χ1) is 13.0. The van der Waals surface area contributed by atoms with Crippen LogP contribution >= 0.6 is 0 Å². The number of anilines is 1. The summed E-state index contributed by atoms with van der Waals surface area (Å²) in [5, 5.41) is 5.89. The number of carbonyl (C=O) groups excluding carboxylic acids is 3. The van der Waals surface area contributed by atoms with Crippen molar-refractivity contribution >= 4 is 23.5 Å². The molecule has 0 radical (unpaired) electrons. The normalized spacial score (nSPS) is 19.2. The first-order valence-corrected chi connectivity index (χ1v) is 9.90. The topological polar surface area (TPSA) is 84.5 Å². The molecule has 0 aromatic heterocycles. The lowest BCUT2D eigenvalue weighted by Gasteiger charge is -2.27. The van der Waals surface area contributed by atoms with Gasteiger partial charge in [0.1, 0.15) is 0 Å². The molecule has 2 N–H and O–H groups in total. The van der Waals surface area contributed by atoms with Crippen LogP contribution in [0, 0.1) is 11.8 Å². The molecule has 0 aliphatic heterocycles. The van der Waals surface area contributed by atoms with Gasteiger partial charge in [0.05, 0.1) is 12.2 Å². The molecule has 0 saturated heterocycles. The average Bonchev–Trinajstić information content (AvgIpc) is 2.69. The van der Waals surface area contributed by atoms with E-state index in [1.165, 1.54) is 0 Å². The predicted molar refractivity (Wildman–Crippen MR) is 104 cm³/mol. The zero-order valence-corrected chi connectivity index (χ0v) is 16.3. The van der Waals surface area contributed by atoms with E-state index in [4.69, 9.17) is 4.74 Å². The van der Waals surface area contributed by atoms with Crippen LogP contribution in [0.15, 0.2) is 24.3 Å². The number of carbonyl (C=O) groups is 3. The average molecular weight is 374 g/mol. The summed E-state index contributed by atoms with van der Waals surface area (Å²) in [6.07, 6.45) is 5.00. The Morgan fingerprint density at radius 2 is 1.56 bits per heavy atom. The molecule has 1 aliphatic carbocycles. The van der Waals surface area contributed by atoms with Crippen molar-refractivity contribution in [2.75, 3.05) is 18.5 Å². The van der Waals surface area contributed by atoms with E-state index in [1.54, 1.807) is 31.2 Å². The van der Waals surface area contributed by atoms with Crippen LogP contribution in [-0.2, 0) is 14.3 Å². The van der Waals surface area contributed by atoms with Crippen LogP contribution in [0.2, 0.25) is 0 Å². The Kier molecular flexibility index (Phi) is 8.30. The molecule has 1 aliphatic rings. The molecule has 148 valence electrons. The molecule has 0 atom stereocenters. The summed E-state index contributed by atoms with van der Waals surface area (Å²) in [7, 11) is 0. The third-order valence-electron chi connectivity index (χ3n) is 4.96. The summed E-state index contributed by atoms with van der Waals surface area (Å²) >= 11 is 0. The van der Waals surface area contributed by atoms with E-state index in [0.29, 0.717) is 17.9 Å². The van der Waals surface area contributed by atoms with E-state index in [0.717, 1.165) is 45.1 Å². The summed E-state index contributed by atoms with van der Waals surface area (Å²) < 4.78 is 4.95. The van der Waals surface area contributed by atoms with E-state index in [-0.39, 0.29) is 29.6 Å². The largest absolute Gasteiger partial charge is 0.462 e. The first kappa shape index (κ1) is 20.9. The van der Waals surface area contributed by atoms with Crippen molar-refractivity contribution in [2.24, 2.45) is 11.8 Å². The lowest BCUT2D eigenvalue weighted by Crippen LogP contribution is -2.35. The minimum absolute atomic E-state index is 0.0229. The molecule has 2 amide bonds. The van der Waals surface area contributed by atoms with Gasteiger partial charge < -0.3 is 15.4 Å². The van der Waals surface area contributed by atoms with E-state index in [9.17, 15) is 14.4 Å². The molecule has 1 saturated carbocycles. The van der Waals surface area contributed by atoms with Gasteiger partial charge in [-0.2, -0.15) is 0 Å². The molecule has 27 heavy (non-hydrogen) atoms. The van der Waals surface area contributed by atoms with Crippen LogP contribution in [0.25, 0.3) is 0 Å². The summed E-state index contributed by atoms with van der Waals surface area (Å²) in [5.41, 5.74) is 1.12. The van der Waals surface area contributed by atoms with Gasteiger partial charge in [0.25, 0.3) is 0 Å². The fourth-order valence-electron chi connectivity index (χ4n) is 3.30. The van der Waals surface area contributed by atoms with Gasteiger partial charge in [-0.05, 0) is 63.3 Å². The van der Waals surface area contributed by atoms with Crippen LogP contribution in [0.3, 0.4) is 0 Å². The van der Waals surface area contributed by atoms with E-state index >= 15 is 0 Å². The molecule has 6 heteroatoms. The summed E-state index contributed by atoms with van der Waals surface area (Å²) in [4.78, 5) is 36.2. The number of ether oxygens (including phenoxy) is 1. The van der Waals surface area contributed by atoms with Crippen molar-refractivity contribution in [3.05, 3.63) is 29.8 Å². The summed E-state index contributed by atoms with van der Waals surface area (Å²) in [6, 6.07) is 6.70. The molecule has 0 heterocycles. The van der Waals surface area contributed by atoms with Gasteiger partial charge in [-0.25, -0.2) is 4.79 Å². The molecule has 6 nitrogen and oxygen atoms in total. The van der Waals surface area contributed by atoms with Gasteiger partial charge in [-0.15, -0.1) is 0 Å². The Hall–Kier alpha value is -2.37. The molecule has 0 bridgehead atoms. The maximum atomic E-state index is 12.5. The highest BCUT2D eigenvalue weighted by Gasteiger charge is 2.29. The number of rotatable bonds is 8. The zero-order valence-electron chi connectivity index (χ0n) is 16.3. The van der Waals surface area contributed by atoms with Crippen LogP contribution in [0.5, 0.6) is 0 Å². The van der Waals surface area contributed by atoms with Crippen LogP contribution in [0.4, 0.5) is 5.69 Å². The van der Waals surface area contributed by atoms with Crippen LogP contribution in [-0.4, -0.2) is 30.9 Å². The van der Waals surface area contributed by atoms with Gasteiger partial charge >= 0.3 is 5.97 Å². The number of amides is 2. The molecular weight excluding hydrogens is 344 g/mol. The van der Waals surface area contributed by atoms with Crippen molar-refractivity contribution in [1.29, 1.82) is 0 Å². The molecular formula is C21H30N2O4. The highest BCUT2D eigenvalue weighted by molar-refractivity contribution is 5.94. The minimum atomic E-state index is -0.370. The van der Waals surface area contributed by atoms with Gasteiger partial charge in [-0.3, -0.25) is 9.59 Å². The number of hydrogen-bond donors (Lipinski definition) is 2. The Morgan fingerprint density at radius 3 is 2.11 bits per heavy atom. The number of hydrogen-bond acceptors (Lipinski definition) is 4. The number of unbranched alkanes of at least 4 members (excludes halogenated alkanes) is 1. The Balaban J connectivity index is 1.79. The van der Waals surface area contributed by atoms with E-state index in [1.807, 2.05) is 0 Å². The van der Waals surface area contributed by atoms with Gasteiger partial charge in [0.2, 0.25) is 11.8 Å². The van der Waals surface area contributed by atoms with Crippen LogP contribution < -0.4 is 10.6 Å². The fourth-order valence-corrected chi connectivity index (χ4v) is 3.30. The molecule has 0 spiro atoms. The highest BCUT2D eigenvalue weighted by atomic mass is 16.5. The molecule has 0 unspecified atom stereocenters. The smallest absolute Gasteiger partial charge is 0.338 e. The number of nitrogens with one attached hydrogen (secondary N) is 2. The maximum Gasteiger partial charge on any atom is 0.338 e. The van der Waals surface area contributed by atoms with Crippen molar-refractivity contribution in [3.8, 4) is 0 Å². The third-order valence-corrected chi connectivity index (χ3v) is 4.96. The second-order valence-electron chi connectivity index (χ2n) is 6.98. The molecule has 1 aromatic rings. The minimum Gasteiger partial charge on any atom is -0.462 e. The molecule has 1 aromatic carbocycles. The Bertz CT molecular complexity index is 634. The number of esters is 1. The number of benzene rings is 1. The van der Waals surface area contributed by atoms with E-state index in [2.05, 4.69) is 17.6 Å². The van der Waals surface area contributed by atoms with Gasteiger partial charge in [0, 0.05) is 24.1 Å².